The van der Waals surface area contributed by atoms with E-state index in [-0.39, 0.29) is 0 Å². The predicted octanol–water partition coefficient (Wildman–Crippen LogP) is 1.40. The topological polar surface area (TPSA) is 0 Å². The molecule has 0 fully saturated rings. The zero-order chi connectivity index (χ0) is 4.12. The third kappa shape index (κ3) is 3.74. The third-order valence-electron chi connectivity index (χ3n) is 0.303. The number of hydrogen-bond donors (Lipinski definition) is 0. The van der Waals surface area contributed by atoms with Crippen LogP contribution in [0.1, 0.15) is 6.42 Å². The van der Waals surface area contributed by atoms with E-state index in [9.17, 15) is 0 Å². The van der Waals surface area contributed by atoms with Gasteiger partial charge in [0.1, 0.15) is 0 Å². The first-order chi connectivity index (χ1) is 2.41. The fourth-order valence-electron chi connectivity index (χ4n) is 0.0962. The standard InChI is InChI=1S/C5H7/c1-3-5-4-2/h1,3-4H,2,5H2. The van der Waals surface area contributed by atoms with Gasteiger partial charge in [-0.3, -0.25) is 0 Å². The molecule has 0 aliphatic carbocycles. The lowest BCUT2D eigenvalue weighted by Crippen LogP contribution is -1.55. The normalized spacial score (nSPS) is 7.40. The van der Waals surface area contributed by atoms with Crippen molar-refractivity contribution in [1.82, 2.24) is 0 Å². The van der Waals surface area contributed by atoms with Gasteiger partial charge in [-0.1, -0.05) is 12.7 Å². The van der Waals surface area contributed by atoms with E-state index in [1.807, 2.05) is 0 Å². The van der Waals surface area contributed by atoms with Crippen LogP contribution >= 0.6 is 0 Å². The second-order valence-corrected chi connectivity index (χ2v) is 0.760. The van der Waals surface area contributed by atoms with Gasteiger partial charge in [0.15, 0.2) is 0 Å². The van der Waals surface area contributed by atoms with E-state index in [1.165, 1.54) is 0 Å². The highest BCUT2D eigenvalue weighted by atomic mass is 13.7. The van der Waals surface area contributed by atoms with Crippen LogP contribution in [-0.2, 0) is 0 Å². The quantitative estimate of drug-likeness (QED) is 0.458. The van der Waals surface area contributed by atoms with E-state index in [0.717, 1.165) is 6.42 Å². The van der Waals surface area contributed by atoms with Crippen molar-refractivity contribution in [2.45, 2.75) is 6.42 Å². The van der Waals surface area contributed by atoms with Crippen molar-refractivity contribution in [3.63, 3.8) is 0 Å². The second-order valence-electron chi connectivity index (χ2n) is 0.760. The molecule has 3 radical (unpaired) electrons. The molecule has 5 heavy (non-hydrogen) atoms. The summed E-state index contributed by atoms with van der Waals surface area (Å²) in [7, 11) is 0. The Bertz CT molecular complexity index is 21.2. The molecule has 0 aromatic rings. The Morgan fingerprint density at radius 2 is 2.40 bits per heavy atom. The minimum absolute atomic E-state index is 0.806. The van der Waals surface area contributed by atoms with Crippen molar-refractivity contribution in [3.05, 3.63) is 26.0 Å². The van der Waals surface area contributed by atoms with Gasteiger partial charge in [-0.15, -0.1) is 0 Å². The summed E-state index contributed by atoms with van der Waals surface area (Å²) >= 11 is 0. The lowest BCUT2D eigenvalue weighted by Gasteiger charge is -1.71. The van der Waals surface area contributed by atoms with Crippen LogP contribution in [-0.4, -0.2) is 0 Å². The Labute approximate surface area is 33.5 Å². The highest BCUT2D eigenvalue weighted by Crippen LogP contribution is 1.79. The van der Waals surface area contributed by atoms with Gasteiger partial charge in [0.2, 0.25) is 0 Å². The summed E-state index contributed by atoms with van der Waals surface area (Å²) in [6.07, 6.45) is 4.12. The Balaban J connectivity index is 2.40. The molecule has 0 aliphatic rings. The molecule has 0 aliphatic heterocycles. The summed E-state index contributed by atoms with van der Waals surface area (Å²) in [5, 5.41) is 0. The smallest absolute Gasteiger partial charge is 0.0316 e. The molecule has 0 unspecified atom stereocenters. The van der Waals surface area contributed by atoms with Gasteiger partial charge < -0.3 is 0 Å². The van der Waals surface area contributed by atoms with Crippen molar-refractivity contribution in [2.24, 2.45) is 0 Å². The Kier molecular flexibility index (Phi) is 3.55. The summed E-state index contributed by atoms with van der Waals surface area (Å²) in [4.78, 5) is 0. The lowest BCUT2D eigenvalue weighted by atomic mass is 10.3. The first kappa shape index (κ1) is 4.74. The highest BCUT2D eigenvalue weighted by Gasteiger charge is 1.62. The van der Waals surface area contributed by atoms with E-state index >= 15 is 0 Å². The van der Waals surface area contributed by atoms with Crippen molar-refractivity contribution in [2.75, 3.05) is 0 Å². The van der Waals surface area contributed by atoms with Crippen LogP contribution in [0.3, 0.4) is 0 Å². The first-order valence-electron chi connectivity index (χ1n) is 1.56. The molecule has 0 aromatic heterocycles. The maximum atomic E-state index is 4.94. The van der Waals surface area contributed by atoms with E-state index < -0.39 is 0 Å². The molecule has 0 amide bonds. The van der Waals surface area contributed by atoms with Crippen molar-refractivity contribution < 1.29 is 0 Å². The fraction of sp³-hybridized carbons (Fsp3) is 0.200. The lowest BCUT2D eigenvalue weighted by molar-refractivity contribution is 1.30. The van der Waals surface area contributed by atoms with Crippen molar-refractivity contribution in [1.29, 1.82) is 0 Å². The maximum absolute atomic E-state index is 4.94. The molecule has 0 heterocycles. The highest BCUT2D eigenvalue weighted by molar-refractivity contribution is 4.76. The molecule has 0 N–H and O–H groups in total. The van der Waals surface area contributed by atoms with Gasteiger partial charge in [-0.25, -0.2) is 0 Å². The zero-order valence-electron chi connectivity index (χ0n) is 3.15. The summed E-state index contributed by atoms with van der Waals surface area (Å²) in [5.41, 5.74) is 0. The Morgan fingerprint density at radius 3 is 2.40 bits per heavy atom. The minimum atomic E-state index is 0.806. The monoisotopic (exact) mass is 67.1 g/mol. The molecule has 0 heteroatoms. The summed E-state index contributed by atoms with van der Waals surface area (Å²) in [5.74, 6) is 0. The predicted molar refractivity (Wildman–Crippen MR) is 23.1 cm³/mol. The van der Waals surface area contributed by atoms with Crippen molar-refractivity contribution >= 4 is 0 Å². The minimum Gasteiger partial charge on any atom is -0.0843 e. The molecule has 0 atom stereocenters. The van der Waals surface area contributed by atoms with E-state index in [2.05, 4.69) is 6.92 Å². The second kappa shape index (κ2) is 3.74. The Hall–Kier alpha value is -0.260. The van der Waals surface area contributed by atoms with Crippen LogP contribution < -0.4 is 0 Å². The van der Waals surface area contributed by atoms with Gasteiger partial charge in [0.05, 0.1) is 0 Å². The van der Waals surface area contributed by atoms with E-state index in [4.69, 9.17) is 6.58 Å². The van der Waals surface area contributed by atoms with Gasteiger partial charge in [-0.2, -0.15) is 0 Å². The Morgan fingerprint density at radius 1 is 1.80 bits per heavy atom. The molecule has 0 bridgehead atoms. The average Bonchev–Trinajstić information content (AvgIpc) is 1.41. The summed E-state index contributed by atoms with van der Waals surface area (Å²) in [6, 6.07) is 0. The molecular formula is C5H7. The van der Waals surface area contributed by atoms with Crippen LogP contribution in [0.15, 0.2) is 6.08 Å². The van der Waals surface area contributed by atoms with Gasteiger partial charge in [0, 0.05) is 0 Å². The van der Waals surface area contributed by atoms with Crippen LogP contribution in [0.25, 0.3) is 0 Å². The SMILES string of the molecule is [CH]=CC[CH][CH2]. The van der Waals surface area contributed by atoms with Crippen LogP contribution in [0.2, 0.25) is 0 Å². The van der Waals surface area contributed by atoms with Crippen molar-refractivity contribution in [3.8, 4) is 0 Å². The van der Waals surface area contributed by atoms with E-state index in [1.54, 1.807) is 12.5 Å². The summed E-state index contributed by atoms with van der Waals surface area (Å²) in [6.45, 7) is 8.38. The molecule has 0 spiro atoms. The zero-order valence-corrected chi connectivity index (χ0v) is 3.15. The molecular weight excluding hydrogens is 60.1 g/mol. The van der Waals surface area contributed by atoms with E-state index in [0.29, 0.717) is 0 Å². The first-order valence-corrected chi connectivity index (χ1v) is 1.56. The maximum Gasteiger partial charge on any atom is -0.0316 e. The molecule has 0 saturated heterocycles. The number of allylic oxidation sites excluding steroid dienone is 1. The number of rotatable bonds is 2. The largest absolute Gasteiger partial charge is 0.0843 e. The third-order valence-corrected chi connectivity index (χ3v) is 0.303. The molecule has 0 rings (SSSR count). The van der Waals surface area contributed by atoms with Crippen LogP contribution in [0.4, 0.5) is 0 Å². The van der Waals surface area contributed by atoms with Crippen LogP contribution in [0, 0.1) is 19.9 Å². The fourth-order valence-corrected chi connectivity index (χ4v) is 0.0962. The van der Waals surface area contributed by atoms with Gasteiger partial charge in [-0.05, 0) is 19.8 Å². The molecule has 0 nitrogen and oxygen atoms in total. The molecule has 27 valence electrons. The molecule has 0 saturated carbocycles. The molecule has 0 aromatic carbocycles. The van der Waals surface area contributed by atoms with Gasteiger partial charge in [0.25, 0.3) is 0 Å². The van der Waals surface area contributed by atoms with Crippen LogP contribution in [0.5, 0.6) is 0 Å². The number of unbranched alkanes of at least 4 members (excludes halogenated alkanes) is 1. The number of hydrogen-bond acceptors (Lipinski definition) is 0. The average molecular weight is 67.1 g/mol. The summed E-state index contributed by atoms with van der Waals surface area (Å²) < 4.78 is 0. The van der Waals surface area contributed by atoms with Gasteiger partial charge >= 0.3 is 0 Å².